The van der Waals surface area contributed by atoms with Crippen LogP contribution < -0.4 is 4.74 Å². The highest BCUT2D eigenvalue weighted by atomic mass is 16.7. The molecule has 0 saturated carbocycles. The Bertz CT molecular complexity index is 1130. The van der Waals surface area contributed by atoms with E-state index in [0.717, 1.165) is 0 Å². The lowest BCUT2D eigenvalue weighted by molar-refractivity contribution is -0.253. The molecule has 1 N–H and O–H groups in total. The van der Waals surface area contributed by atoms with Crippen molar-refractivity contribution in [2.45, 2.75) is 24.7 Å². The summed E-state index contributed by atoms with van der Waals surface area (Å²) in [5.41, 5.74) is -2.84. The number of hydrogen-bond donors (Lipinski definition) is 1. The van der Waals surface area contributed by atoms with Crippen molar-refractivity contribution in [2.24, 2.45) is 10.8 Å². The van der Waals surface area contributed by atoms with Crippen LogP contribution >= 0.6 is 0 Å². The van der Waals surface area contributed by atoms with Gasteiger partial charge in [-0.05, 0) is 11.6 Å². The molecule has 0 spiro atoms. The second-order valence-electron chi connectivity index (χ2n) is 7.48. The second kappa shape index (κ2) is 6.59. The average Bonchev–Trinajstić information content (AvgIpc) is 2.97. The van der Waals surface area contributed by atoms with Crippen molar-refractivity contribution in [3.8, 4) is 24.0 Å². The summed E-state index contributed by atoms with van der Waals surface area (Å²) in [6, 6.07) is 22.1. The SMILES string of the molecule is COc1ccccc1C1OC2(C)OC(=N)C(C#N)(C2c2ccccc2)C1(C#N)C#N. The van der Waals surface area contributed by atoms with Crippen LogP contribution in [-0.4, -0.2) is 18.8 Å². The fourth-order valence-corrected chi connectivity index (χ4v) is 4.79. The fraction of sp³-hybridized carbons (Fsp3) is 0.304. The van der Waals surface area contributed by atoms with Gasteiger partial charge in [-0.25, -0.2) is 0 Å². The van der Waals surface area contributed by atoms with E-state index in [1.807, 2.05) is 18.2 Å². The lowest BCUT2D eigenvalue weighted by Crippen LogP contribution is -2.57. The molecule has 2 aromatic carbocycles. The predicted molar refractivity (Wildman–Crippen MR) is 105 cm³/mol. The number of fused-ring (bicyclic) bond motifs is 2. The van der Waals surface area contributed by atoms with E-state index in [0.29, 0.717) is 16.9 Å². The van der Waals surface area contributed by atoms with Crippen molar-refractivity contribution < 1.29 is 14.2 Å². The van der Waals surface area contributed by atoms with Crippen molar-refractivity contribution in [3.63, 3.8) is 0 Å². The number of ether oxygens (including phenoxy) is 3. The summed E-state index contributed by atoms with van der Waals surface area (Å²) >= 11 is 0. The molecular weight excluding hydrogens is 380 g/mol. The topological polar surface area (TPSA) is 123 Å². The molecule has 7 nitrogen and oxygen atoms in total. The van der Waals surface area contributed by atoms with Crippen LogP contribution in [0.3, 0.4) is 0 Å². The molecule has 2 aliphatic heterocycles. The van der Waals surface area contributed by atoms with Gasteiger partial charge in [0.1, 0.15) is 11.9 Å². The summed E-state index contributed by atoms with van der Waals surface area (Å²) in [5, 5.41) is 39.6. The zero-order valence-corrected chi connectivity index (χ0v) is 16.4. The number of hydrogen-bond acceptors (Lipinski definition) is 7. The molecule has 30 heavy (non-hydrogen) atoms. The minimum atomic E-state index is -2.05. The number of nitrogens with zero attached hydrogens (tertiary/aromatic N) is 3. The van der Waals surface area contributed by atoms with Crippen molar-refractivity contribution in [3.05, 3.63) is 65.7 Å². The molecule has 0 aromatic heterocycles. The third-order valence-corrected chi connectivity index (χ3v) is 6.07. The van der Waals surface area contributed by atoms with Crippen molar-refractivity contribution in [2.75, 3.05) is 7.11 Å². The summed E-state index contributed by atoms with van der Waals surface area (Å²) in [4.78, 5) is 0. The van der Waals surface area contributed by atoms with Gasteiger partial charge in [0, 0.05) is 12.5 Å². The largest absolute Gasteiger partial charge is 0.496 e. The zero-order valence-electron chi connectivity index (χ0n) is 16.4. The van der Waals surface area contributed by atoms with Gasteiger partial charge in [-0.2, -0.15) is 15.8 Å². The van der Waals surface area contributed by atoms with Crippen LogP contribution in [0.1, 0.15) is 30.1 Å². The van der Waals surface area contributed by atoms with Gasteiger partial charge in [-0.3, -0.25) is 5.41 Å². The number of nitrogens with one attached hydrogen (secondary N) is 1. The van der Waals surface area contributed by atoms with Gasteiger partial charge in [0.15, 0.2) is 5.41 Å². The fourth-order valence-electron chi connectivity index (χ4n) is 4.79. The van der Waals surface area contributed by atoms with Crippen molar-refractivity contribution in [1.82, 2.24) is 0 Å². The van der Waals surface area contributed by atoms with E-state index >= 15 is 0 Å². The van der Waals surface area contributed by atoms with Crippen molar-refractivity contribution in [1.29, 1.82) is 21.2 Å². The minimum absolute atomic E-state index is 0.415. The van der Waals surface area contributed by atoms with E-state index in [9.17, 15) is 15.8 Å². The number of methoxy groups -OCH3 is 1. The monoisotopic (exact) mass is 398 g/mol. The summed E-state index contributed by atoms with van der Waals surface area (Å²) in [6.07, 6.45) is -1.17. The quantitative estimate of drug-likeness (QED) is 0.838. The van der Waals surface area contributed by atoms with Crippen LogP contribution in [0.5, 0.6) is 5.75 Å². The lowest BCUT2D eigenvalue weighted by atomic mass is 9.52. The number of benzene rings is 2. The number of nitriles is 3. The number of rotatable bonds is 3. The predicted octanol–water partition coefficient (Wildman–Crippen LogP) is 3.82. The Morgan fingerprint density at radius 1 is 0.967 bits per heavy atom. The summed E-state index contributed by atoms with van der Waals surface area (Å²) in [6.45, 7) is 1.64. The third kappa shape index (κ3) is 2.17. The molecule has 0 amide bonds. The molecular formula is C23H18N4O3. The standard InChI is InChI=1S/C23H18N4O3/c1-21-18(15-8-4-3-5-9-15)23(14-26,20(27)30-21)22(12-24,13-25)19(29-21)16-10-6-7-11-17(16)28-2/h3-11,18-19,27H,1-2H3. The van der Waals surface area contributed by atoms with Gasteiger partial charge < -0.3 is 14.2 Å². The summed E-state index contributed by atoms with van der Waals surface area (Å²) < 4.78 is 17.6. The van der Waals surface area contributed by atoms with Gasteiger partial charge in [0.2, 0.25) is 17.1 Å². The molecule has 2 fully saturated rings. The highest BCUT2D eigenvalue weighted by Gasteiger charge is 2.79. The second-order valence-corrected chi connectivity index (χ2v) is 7.48. The molecule has 2 aromatic rings. The molecule has 4 rings (SSSR count). The minimum Gasteiger partial charge on any atom is -0.496 e. The maximum Gasteiger partial charge on any atom is 0.218 e. The van der Waals surface area contributed by atoms with Gasteiger partial charge >= 0.3 is 0 Å². The van der Waals surface area contributed by atoms with Crippen LogP contribution in [0.15, 0.2) is 54.6 Å². The zero-order chi connectivity index (χ0) is 21.6. The van der Waals surface area contributed by atoms with Gasteiger partial charge in [0.05, 0.1) is 31.2 Å². The normalized spacial score (nSPS) is 31.0. The third-order valence-electron chi connectivity index (χ3n) is 6.07. The Hall–Kier alpha value is -3.86. The first-order chi connectivity index (χ1) is 14.4. The van der Waals surface area contributed by atoms with Crippen LogP contribution in [-0.2, 0) is 9.47 Å². The first kappa shape index (κ1) is 19.5. The molecule has 7 heteroatoms. The Morgan fingerprint density at radius 2 is 1.60 bits per heavy atom. The van der Waals surface area contributed by atoms with Gasteiger partial charge in [-0.15, -0.1) is 0 Å². The van der Waals surface area contributed by atoms with E-state index < -0.39 is 34.5 Å². The van der Waals surface area contributed by atoms with Crippen LogP contribution in [0.2, 0.25) is 0 Å². The molecule has 4 atom stereocenters. The average molecular weight is 398 g/mol. The molecule has 4 unspecified atom stereocenters. The van der Waals surface area contributed by atoms with E-state index in [4.69, 9.17) is 19.6 Å². The van der Waals surface area contributed by atoms with E-state index in [-0.39, 0.29) is 0 Å². The van der Waals surface area contributed by atoms with Crippen molar-refractivity contribution >= 4 is 5.90 Å². The smallest absolute Gasteiger partial charge is 0.218 e. The van der Waals surface area contributed by atoms with Gasteiger partial charge in [-0.1, -0.05) is 48.5 Å². The maximum absolute atomic E-state index is 10.4. The Labute approximate surface area is 174 Å². The van der Waals surface area contributed by atoms with E-state index in [2.05, 4.69) is 6.07 Å². The highest BCUT2D eigenvalue weighted by Crippen LogP contribution is 2.69. The van der Waals surface area contributed by atoms with E-state index in [1.54, 1.807) is 55.5 Å². The summed E-state index contributed by atoms with van der Waals surface area (Å²) in [7, 11) is 1.48. The molecule has 0 aliphatic carbocycles. The van der Waals surface area contributed by atoms with Crippen LogP contribution in [0.25, 0.3) is 0 Å². The highest BCUT2D eigenvalue weighted by molar-refractivity contribution is 5.90. The van der Waals surface area contributed by atoms with E-state index in [1.165, 1.54) is 7.11 Å². The Kier molecular flexibility index (Phi) is 4.28. The lowest BCUT2D eigenvalue weighted by Gasteiger charge is -2.49. The summed E-state index contributed by atoms with van der Waals surface area (Å²) in [5.74, 6) is -2.31. The van der Waals surface area contributed by atoms with Crippen LogP contribution in [0.4, 0.5) is 0 Å². The maximum atomic E-state index is 10.4. The molecule has 2 heterocycles. The number of para-hydroxylation sites is 1. The Balaban J connectivity index is 2.06. The molecule has 0 radical (unpaired) electrons. The first-order valence-electron chi connectivity index (χ1n) is 9.31. The molecule has 2 aliphatic rings. The van der Waals surface area contributed by atoms with Gasteiger partial charge in [0.25, 0.3) is 0 Å². The molecule has 2 saturated heterocycles. The Morgan fingerprint density at radius 3 is 2.20 bits per heavy atom. The first-order valence-corrected chi connectivity index (χ1v) is 9.31. The molecule has 148 valence electrons. The van der Waals surface area contributed by atoms with Crippen LogP contribution in [0, 0.1) is 50.2 Å². The molecule has 2 bridgehead atoms.